The highest BCUT2D eigenvalue weighted by atomic mass is 16.3. The van der Waals surface area contributed by atoms with Crippen molar-refractivity contribution in [3.05, 3.63) is 0 Å². The molecule has 7 atom stereocenters. The third-order valence-corrected chi connectivity index (χ3v) is 6.50. The molecule has 3 heteroatoms. The number of hydrogen-bond donors (Lipinski definition) is 2. The Morgan fingerprint density at radius 3 is 2.28 bits per heavy atom. The summed E-state index contributed by atoms with van der Waals surface area (Å²) < 4.78 is 0. The first-order chi connectivity index (χ1) is 8.22. The standard InChI is InChI=1S/C15H24O3/c1-7-5-8(16)12-13-11(7)15(12,4)10(18)6-9(17)14(13,2)3/h7-9,11-13,16-17H,5-6H2,1-4H3/t7-,8+,9-,11-,12+,13-,15+/m0/s1. The number of hydrogen-bond acceptors (Lipinski definition) is 3. The lowest BCUT2D eigenvalue weighted by atomic mass is 9.35. The van der Waals surface area contributed by atoms with E-state index in [0.29, 0.717) is 11.8 Å². The molecule has 0 unspecified atom stereocenters. The second-order valence-electron chi connectivity index (χ2n) is 7.60. The smallest absolute Gasteiger partial charge is 0.142 e. The monoisotopic (exact) mass is 252 g/mol. The van der Waals surface area contributed by atoms with E-state index >= 15 is 0 Å². The maximum atomic E-state index is 12.5. The number of carbonyl (C=O) groups is 1. The minimum absolute atomic E-state index is 0.0540. The largest absolute Gasteiger partial charge is 0.393 e. The summed E-state index contributed by atoms with van der Waals surface area (Å²) in [5.41, 5.74) is -0.660. The zero-order valence-electron chi connectivity index (χ0n) is 11.7. The van der Waals surface area contributed by atoms with Crippen molar-refractivity contribution in [3.8, 4) is 0 Å². The fourth-order valence-electron chi connectivity index (χ4n) is 5.51. The highest BCUT2D eigenvalue weighted by Gasteiger charge is 2.74. The molecule has 102 valence electrons. The van der Waals surface area contributed by atoms with E-state index in [-0.39, 0.29) is 35.6 Å². The van der Waals surface area contributed by atoms with E-state index in [2.05, 4.69) is 20.8 Å². The van der Waals surface area contributed by atoms with Crippen molar-refractivity contribution >= 4 is 5.78 Å². The van der Waals surface area contributed by atoms with Crippen LogP contribution in [-0.4, -0.2) is 28.2 Å². The van der Waals surface area contributed by atoms with Crippen LogP contribution in [0.4, 0.5) is 0 Å². The molecule has 4 aliphatic carbocycles. The maximum absolute atomic E-state index is 12.5. The predicted octanol–water partition coefficient (Wildman–Crippen LogP) is 1.62. The minimum Gasteiger partial charge on any atom is -0.393 e. The van der Waals surface area contributed by atoms with Crippen molar-refractivity contribution in [1.29, 1.82) is 0 Å². The van der Waals surface area contributed by atoms with Gasteiger partial charge in [0, 0.05) is 17.8 Å². The van der Waals surface area contributed by atoms with E-state index in [4.69, 9.17) is 0 Å². The van der Waals surface area contributed by atoms with E-state index in [9.17, 15) is 15.0 Å². The number of aliphatic hydroxyl groups excluding tert-OH is 2. The molecule has 2 N–H and O–H groups in total. The van der Waals surface area contributed by atoms with Gasteiger partial charge in [0.2, 0.25) is 0 Å². The first-order valence-electron chi connectivity index (χ1n) is 7.11. The topological polar surface area (TPSA) is 57.5 Å². The van der Waals surface area contributed by atoms with Gasteiger partial charge in [0.25, 0.3) is 0 Å². The lowest BCUT2D eigenvalue weighted by molar-refractivity contribution is -0.249. The van der Waals surface area contributed by atoms with Gasteiger partial charge in [-0.25, -0.2) is 0 Å². The fraction of sp³-hybridized carbons (Fsp3) is 0.933. The van der Waals surface area contributed by atoms with E-state index in [1.54, 1.807) is 0 Å². The Labute approximate surface area is 109 Å². The summed E-state index contributed by atoms with van der Waals surface area (Å²) in [4.78, 5) is 12.5. The highest BCUT2D eigenvalue weighted by molar-refractivity contribution is 5.88. The maximum Gasteiger partial charge on any atom is 0.142 e. The van der Waals surface area contributed by atoms with E-state index in [0.717, 1.165) is 6.42 Å². The summed E-state index contributed by atoms with van der Waals surface area (Å²) in [5.74, 6) is 1.21. The van der Waals surface area contributed by atoms with Crippen LogP contribution >= 0.6 is 0 Å². The molecule has 18 heavy (non-hydrogen) atoms. The fourth-order valence-corrected chi connectivity index (χ4v) is 5.51. The van der Waals surface area contributed by atoms with Crippen molar-refractivity contribution in [2.45, 2.75) is 52.7 Å². The van der Waals surface area contributed by atoms with Crippen LogP contribution in [0.2, 0.25) is 0 Å². The Bertz CT molecular complexity index is 385. The minimum atomic E-state index is -0.568. The third kappa shape index (κ3) is 1.16. The van der Waals surface area contributed by atoms with Crippen molar-refractivity contribution in [2.75, 3.05) is 0 Å². The van der Waals surface area contributed by atoms with Gasteiger partial charge in [0.05, 0.1) is 12.2 Å². The molecule has 0 aliphatic heterocycles. The number of fused-ring (bicyclic) bond motifs is 2. The Kier molecular flexibility index (Phi) is 2.36. The normalized spacial score (nSPS) is 57.8. The summed E-state index contributed by atoms with van der Waals surface area (Å²) in [7, 11) is 0. The van der Waals surface area contributed by atoms with Crippen LogP contribution in [0.1, 0.15) is 40.5 Å². The summed E-state index contributed by atoms with van der Waals surface area (Å²) in [5, 5.41) is 20.7. The van der Waals surface area contributed by atoms with Crippen molar-refractivity contribution in [3.63, 3.8) is 0 Å². The molecular weight excluding hydrogens is 228 g/mol. The van der Waals surface area contributed by atoms with Gasteiger partial charge in [-0.15, -0.1) is 0 Å². The molecule has 0 radical (unpaired) electrons. The average molecular weight is 252 g/mol. The van der Waals surface area contributed by atoms with E-state index in [1.807, 2.05) is 6.92 Å². The zero-order chi connectivity index (χ0) is 13.5. The van der Waals surface area contributed by atoms with Crippen LogP contribution in [0, 0.1) is 34.5 Å². The molecule has 4 bridgehead atoms. The van der Waals surface area contributed by atoms with Crippen LogP contribution in [0.25, 0.3) is 0 Å². The molecule has 0 aromatic carbocycles. The van der Waals surface area contributed by atoms with Crippen LogP contribution in [0.5, 0.6) is 0 Å². The van der Waals surface area contributed by atoms with Crippen molar-refractivity contribution in [1.82, 2.24) is 0 Å². The predicted molar refractivity (Wildman–Crippen MR) is 67.8 cm³/mol. The highest BCUT2D eigenvalue weighted by Crippen LogP contribution is 2.72. The van der Waals surface area contributed by atoms with Crippen LogP contribution < -0.4 is 0 Å². The Morgan fingerprint density at radius 1 is 1.11 bits per heavy atom. The molecule has 3 nitrogen and oxygen atoms in total. The second-order valence-corrected chi connectivity index (χ2v) is 7.60. The van der Waals surface area contributed by atoms with Gasteiger partial charge in [0.1, 0.15) is 5.78 Å². The van der Waals surface area contributed by atoms with Gasteiger partial charge < -0.3 is 10.2 Å². The molecule has 0 spiro atoms. The quantitative estimate of drug-likeness (QED) is 0.688. The molecule has 0 aromatic heterocycles. The first kappa shape index (κ1) is 12.6. The number of carbonyl (C=O) groups excluding carboxylic acids is 1. The lowest BCUT2D eigenvalue weighted by Crippen LogP contribution is -2.70. The van der Waals surface area contributed by atoms with Crippen LogP contribution in [0.3, 0.4) is 0 Å². The third-order valence-electron chi connectivity index (χ3n) is 6.50. The molecule has 0 amide bonds. The number of aliphatic hydroxyl groups is 2. The molecule has 4 rings (SSSR count). The number of ketones is 1. The molecule has 4 aliphatic rings. The summed E-state index contributed by atoms with van der Waals surface area (Å²) in [6.07, 6.45) is 0.114. The van der Waals surface area contributed by atoms with E-state index < -0.39 is 11.5 Å². The van der Waals surface area contributed by atoms with Gasteiger partial charge in [-0.1, -0.05) is 27.7 Å². The molecule has 0 aromatic rings. The van der Waals surface area contributed by atoms with Gasteiger partial charge in [-0.05, 0) is 29.6 Å². The zero-order valence-corrected chi connectivity index (χ0v) is 11.7. The SMILES string of the molecule is C[C@H]1C[C@@H](O)[C@@H]2[C@@H]3[C@H]1[C@@]2(C)C(=O)C[C@H](O)C3(C)C. The molecule has 4 saturated carbocycles. The van der Waals surface area contributed by atoms with Gasteiger partial charge in [-0.3, -0.25) is 4.79 Å². The van der Waals surface area contributed by atoms with Crippen molar-refractivity contribution in [2.24, 2.45) is 34.5 Å². The van der Waals surface area contributed by atoms with Crippen LogP contribution in [0.15, 0.2) is 0 Å². The first-order valence-corrected chi connectivity index (χ1v) is 7.11. The summed E-state index contributed by atoms with van der Waals surface area (Å²) >= 11 is 0. The van der Waals surface area contributed by atoms with Gasteiger partial charge >= 0.3 is 0 Å². The summed E-state index contributed by atoms with van der Waals surface area (Å²) in [6, 6.07) is 0. The van der Waals surface area contributed by atoms with E-state index in [1.165, 1.54) is 0 Å². The van der Waals surface area contributed by atoms with Gasteiger partial charge in [0.15, 0.2) is 0 Å². The second kappa shape index (κ2) is 3.37. The molecule has 4 fully saturated rings. The Balaban J connectivity index is 2.13. The van der Waals surface area contributed by atoms with Gasteiger partial charge in [-0.2, -0.15) is 0 Å². The molecule has 0 saturated heterocycles. The Hall–Kier alpha value is -0.410. The number of rotatable bonds is 0. The molecular formula is C15H24O3. The van der Waals surface area contributed by atoms with Crippen molar-refractivity contribution < 1.29 is 15.0 Å². The average Bonchev–Trinajstić information content (AvgIpc) is 2.31. The lowest BCUT2D eigenvalue weighted by Gasteiger charge is -2.69. The Morgan fingerprint density at radius 2 is 1.72 bits per heavy atom. The molecule has 0 heterocycles. The van der Waals surface area contributed by atoms with Crippen LogP contribution in [-0.2, 0) is 4.79 Å². The summed E-state index contributed by atoms with van der Waals surface area (Å²) in [6.45, 7) is 8.29. The number of Topliss-reactive ketones (excluding diaryl/α,β-unsaturated/α-hetero) is 1.